The van der Waals surface area contributed by atoms with E-state index >= 15 is 0 Å². The van der Waals surface area contributed by atoms with Gasteiger partial charge in [0.2, 0.25) is 11.8 Å². The topological polar surface area (TPSA) is 202 Å². The molecule has 2 aromatic carbocycles. The minimum Gasteiger partial charge on any atom is -0.397 e. The van der Waals surface area contributed by atoms with E-state index in [0.29, 0.717) is 0 Å². The molecule has 0 spiro atoms. The molecule has 230 valence electrons. The number of ether oxygens (including phenoxy) is 1. The zero-order chi connectivity index (χ0) is 29.4. The summed E-state index contributed by atoms with van der Waals surface area (Å²) in [5, 5.41) is 27.6. The zero-order valence-corrected chi connectivity index (χ0v) is 22.2. The van der Waals surface area contributed by atoms with Crippen molar-refractivity contribution in [1.82, 2.24) is 0 Å². The Bertz CT molecular complexity index is 691. The number of nitro benzene ring substituents is 2. The highest BCUT2D eigenvalue weighted by Crippen LogP contribution is 2.07. The van der Waals surface area contributed by atoms with Crippen LogP contribution in [-0.2, 0) is 14.3 Å². The number of hydrogen-bond donors (Lipinski definition) is 3. The predicted molar refractivity (Wildman–Crippen MR) is 162 cm³/mol. The lowest BCUT2D eigenvalue weighted by molar-refractivity contribution is -0.385. The van der Waals surface area contributed by atoms with Gasteiger partial charge in [-0.2, -0.15) is 0 Å². The van der Waals surface area contributed by atoms with Crippen LogP contribution in [0.3, 0.4) is 0 Å². The summed E-state index contributed by atoms with van der Waals surface area (Å²) in [5.74, 6) is -0.667. The van der Waals surface area contributed by atoms with E-state index in [0.717, 1.165) is 13.2 Å². The standard InChI is InChI=1S/2C6H5NO2.C4H10O.2C2H5NO.C2H6O.C2H6.3CH4/c2*8-7(9)6-4-2-1-3-5-6;1-3-5-4-2;2*1-2(3)4;1-2-3;1-2;;;/h2*1-5H;3-4H2,1-2H3;2*1H3,(H2,3,4);3H,2H2,1H3;1-2H3;3*1H4. The first-order valence-corrected chi connectivity index (χ1v) is 11.0. The van der Waals surface area contributed by atoms with Crippen LogP contribution >= 0.6 is 0 Å². The minimum atomic E-state index is -0.417. The maximum Gasteiger partial charge on any atom is 0.269 e. The third-order valence-corrected chi connectivity index (χ3v) is 2.34. The average molecular weight is 563 g/mol. The average Bonchev–Trinajstić information content (AvgIpc) is 2.83. The van der Waals surface area contributed by atoms with Crippen LogP contribution in [0, 0.1) is 20.2 Å². The summed E-state index contributed by atoms with van der Waals surface area (Å²) in [6, 6.07) is 15.9. The van der Waals surface area contributed by atoms with E-state index < -0.39 is 9.85 Å². The highest BCUT2D eigenvalue weighted by atomic mass is 16.6. The number of carbonyl (C=O) groups excluding carboxylic acids is 2. The molecule has 0 saturated carbocycles. The summed E-state index contributed by atoms with van der Waals surface area (Å²) < 4.78 is 4.83. The van der Waals surface area contributed by atoms with Gasteiger partial charge in [-0.1, -0.05) is 72.5 Å². The summed E-state index contributed by atoms with van der Waals surface area (Å²) >= 11 is 0. The fourth-order valence-electron chi connectivity index (χ4n) is 1.30. The first kappa shape index (κ1) is 55.6. The molecule has 0 aliphatic heterocycles. The molecule has 0 atom stereocenters. The molecule has 0 radical (unpaired) electrons. The van der Waals surface area contributed by atoms with E-state index in [1.807, 2.05) is 27.7 Å². The Hall–Kier alpha value is -3.90. The van der Waals surface area contributed by atoms with Gasteiger partial charge in [0.25, 0.3) is 11.4 Å². The molecule has 0 aromatic heterocycles. The van der Waals surface area contributed by atoms with Crippen molar-refractivity contribution >= 4 is 23.2 Å². The third-order valence-electron chi connectivity index (χ3n) is 2.34. The zero-order valence-electron chi connectivity index (χ0n) is 22.2. The van der Waals surface area contributed by atoms with Gasteiger partial charge in [-0.05, 0) is 20.8 Å². The van der Waals surface area contributed by atoms with Gasteiger partial charge in [0.1, 0.15) is 0 Å². The van der Waals surface area contributed by atoms with Crippen LogP contribution in [0.2, 0.25) is 0 Å². The number of carbonyl (C=O) groups is 2. The van der Waals surface area contributed by atoms with Crippen molar-refractivity contribution in [1.29, 1.82) is 0 Å². The van der Waals surface area contributed by atoms with Crippen LogP contribution < -0.4 is 11.5 Å². The number of aliphatic hydroxyl groups excluding tert-OH is 1. The first-order valence-electron chi connectivity index (χ1n) is 11.0. The number of amides is 2. The Labute approximate surface area is 235 Å². The van der Waals surface area contributed by atoms with Crippen molar-refractivity contribution in [3.8, 4) is 0 Å². The monoisotopic (exact) mass is 562 g/mol. The molecule has 0 aliphatic carbocycles. The Morgan fingerprint density at radius 3 is 0.974 bits per heavy atom. The van der Waals surface area contributed by atoms with Gasteiger partial charge in [0.05, 0.1) is 9.85 Å². The lowest BCUT2D eigenvalue weighted by atomic mass is 10.3. The molecule has 2 amide bonds. The maximum atomic E-state index is 10.0. The maximum absolute atomic E-state index is 10.0. The van der Waals surface area contributed by atoms with E-state index in [2.05, 4.69) is 11.5 Å². The number of nitrogens with zero attached hydrogens (tertiary/aromatic N) is 2. The molecule has 0 bridgehead atoms. The van der Waals surface area contributed by atoms with Crippen molar-refractivity contribution in [2.24, 2.45) is 11.5 Å². The highest BCUT2D eigenvalue weighted by molar-refractivity contribution is 5.70. The van der Waals surface area contributed by atoms with E-state index in [4.69, 9.17) is 9.84 Å². The molecule has 12 heteroatoms. The normalized spacial score (nSPS) is 7.08. The van der Waals surface area contributed by atoms with Crippen LogP contribution in [0.1, 0.15) is 70.7 Å². The number of non-ortho nitro benzene ring substituents is 2. The van der Waals surface area contributed by atoms with Crippen molar-refractivity contribution in [3.63, 3.8) is 0 Å². The Kier molecular flexibility index (Phi) is 67.4. The number of nitro groups is 2. The van der Waals surface area contributed by atoms with Crippen LogP contribution in [-0.4, -0.2) is 46.6 Å². The molecule has 2 aromatic rings. The van der Waals surface area contributed by atoms with Gasteiger partial charge in [-0.3, -0.25) is 29.8 Å². The van der Waals surface area contributed by atoms with Crippen LogP contribution in [0.4, 0.5) is 11.4 Å². The number of para-hydroxylation sites is 2. The molecule has 2 rings (SSSR count). The molecule has 0 saturated heterocycles. The van der Waals surface area contributed by atoms with E-state index in [1.54, 1.807) is 43.3 Å². The van der Waals surface area contributed by atoms with Crippen LogP contribution in [0.25, 0.3) is 0 Å². The molecule has 0 unspecified atom stereocenters. The third kappa shape index (κ3) is 71.9. The van der Waals surface area contributed by atoms with Gasteiger partial charge in [0, 0.05) is 57.9 Å². The van der Waals surface area contributed by atoms with Crippen LogP contribution in [0.15, 0.2) is 60.7 Å². The van der Waals surface area contributed by atoms with E-state index in [-0.39, 0.29) is 52.1 Å². The molecule has 0 heterocycles. The lowest BCUT2D eigenvalue weighted by Gasteiger charge is -1.86. The van der Waals surface area contributed by atoms with Gasteiger partial charge < -0.3 is 21.3 Å². The van der Waals surface area contributed by atoms with Gasteiger partial charge in [-0.15, -0.1) is 0 Å². The quantitative estimate of drug-likeness (QED) is 0.290. The van der Waals surface area contributed by atoms with Gasteiger partial charge >= 0.3 is 0 Å². The van der Waals surface area contributed by atoms with Crippen molar-refractivity contribution < 1.29 is 29.3 Å². The smallest absolute Gasteiger partial charge is 0.269 e. The number of nitrogens with two attached hydrogens (primary N) is 2. The number of hydrogen-bond acceptors (Lipinski definition) is 8. The molecule has 0 fully saturated rings. The largest absolute Gasteiger partial charge is 0.397 e. The molecular weight excluding hydrogens is 508 g/mol. The second kappa shape index (κ2) is 47.3. The molecule has 39 heavy (non-hydrogen) atoms. The fraction of sp³-hybridized carbons (Fsp3) is 0.481. The summed E-state index contributed by atoms with van der Waals surface area (Å²) in [6.07, 6.45) is 0. The lowest BCUT2D eigenvalue weighted by Crippen LogP contribution is -2.01. The van der Waals surface area contributed by atoms with Gasteiger partial charge in [0.15, 0.2) is 0 Å². The number of benzene rings is 2. The summed E-state index contributed by atoms with van der Waals surface area (Å²) in [6.45, 7) is 14.2. The Balaban J connectivity index is -0.0000000502. The summed E-state index contributed by atoms with van der Waals surface area (Å²) in [4.78, 5) is 37.6. The predicted octanol–water partition coefficient (Wildman–Crippen LogP) is 6.15. The summed E-state index contributed by atoms with van der Waals surface area (Å²) in [5.41, 5.74) is 9.22. The van der Waals surface area contributed by atoms with E-state index in [1.165, 1.54) is 38.1 Å². The first-order chi connectivity index (χ1) is 16.9. The summed E-state index contributed by atoms with van der Waals surface area (Å²) in [7, 11) is 0. The van der Waals surface area contributed by atoms with Crippen LogP contribution in [0.5, 0.6) is 0 Å². The highest BCUT2D eigenvalue weighted by Gasteiger charge is 1.99. The number of primary amides is 2. The van der Waals surface area contributed by atoms with Crippen molar-refractivity contribution in [2.45, 2.75) is 70.7 Å². The number of rotatable bonds is 4. The number of aliphatic hydroxyl groups is 1. The second-order valence-electron chi connectivity index (χ2n) is 5.50. The second-order valence-corrected chi connectivity index (χ2v) is 5.50. The fourth-order valence-corrected chi connectivity index (χ4v) is 1.30. The molecule has 12 nitrogen and oxygen atoms in total. The van der Waals surface area contributed by atoms with Crippen molar-refractivity contribution in [2.75, 3.05) is 19.8 Å². The van der Waals surface area contributed by atoms with Gasteiger partial charge in [-0.25, -0.2) is 0 Å². The Morgan fingerprint density at radius 1 is 0.718 bits per heavy atom. The molecular formula is C27H54N4O8. The van der Waals surface area contributed by atoms with E-state index in [9.17, 15) is 29.8 Å². The molecule has 0 aliphatic rings. The Morgan fingerprint density at radius 2 is 0.897 bits per heavy atom. The SMILES string of the molecule is C.C.C.CC.CC(N)=O.CC(N)=O.CCO.CCOCC.O=[N+]([O-])c1ccccc1.O=[N+]([O-])c1ccccc1. The molecule has 5 N–H and O–H groups in total. The minimum absolute atomic E-state index is 0. The van der Waals surface area contributed by atoms with Crippen molar-refractivity contribution in [3.05, 3.63) is 80.9 Å².